The first kappa shape index (κ1) is 17.4. The second kappa shape index (κ2) is 7.54. The van der Waals surface area contributed by atoms with Crippen molar-refractivity contribution in [3.63, 3.8) is 0 Å². The van der Waals surface area contributed by atoms with Crippen molar-refractivity contribution in [3.05, 3.63) is 35.9 Å². The Hall–Kier alpha value is -0.960. The molecule has 1 unspecified atom stereocenters. The van der Waals surface area contributed by atoms with Crippen LogP contribution in [-0.4, -0.2) is 18.6 Å². The predicted octanol–water partition coefficient (Wildman–Crippen LogP) is 4.58. The summed E-state index contributed by atoms with van der Waals surface area (Å²) in [5, 5.41) is 0. The minimum absolute atomic E-state index is 0.105. The molecule has 0 radical (unpaired) electrons. The number of Topliss-reactive ketones (excluding diaryl/α,β-unsaturated/α-hetero) is 1. The standard InChI is InChI=1S/C17H25O4P/c1-3-20-22(19,21-13-16-9-5-4-6-10-16)14-17(15(2)18)11-7-8-12-17/h4-6,9-10H,3,7-8,11-14H2,1-2H3. The fraction of sp³-hybridized carbons (Fsp3) is 0.588. The van der Waals surface area contributed by atoms with Crippen LogP contribution >= 0.6 is 7.60 Å². The largest absolute Gasteiger partial charge is 0.331 e. The first-order valence-electron chi connectivity index (χ1n) is 7.93. The van der Waals surface area contributed by atoms with Crippen LogP contribution in [-0.2, 0) is 25.0 Å². The molecule has 1 aromatic carbocycles. The lowest BCUT2D eigenvalue weighted by Gasteiger charge is -2.30. The molecule has 2 rings (SSSR count). The quantitative estimate of drug-likeness (QED) is 0.657. The molecule has 4 nitrogen and oxygen atoms in total. The molecule has 1 atom stereocenters. The van der Waals surface area contributed by atoms with Gasteiger partial charge >= 0.3 is 7.60 Å². The van der Waals surface area contributed by atoms with Gasteiger partial charge < -0.3 is 9.05 Å². The lowest BCUT2D eigenvalue weighted by Crippen LogP contribution is -2.30. The molecular weight excluding hydrogens is 299 g/mol. The number of rotatable bonds is 8. The second-order valence-electron chi connectivity index (χ2n) is 5.99. The van der Waals surface area contributed by atoms with Crippen LogP contribution < -0.4 is 0 Å². The molecule has 0 bridgehead atoms. The van der Waals surface area contributed by atoms with Crippen LogP contribution in [0.4, 0.5) is 0 Å². The van der Waals surface area contributed by atoms with Crippen LogP contribution in [0.25, 0.3) is 0 Å². The molecule has 0 saturated heterocycles. The SMILES string of the molecule is CCOP(=O)(CC1(C(C)=O)CCCC1)OCc1ccccc1. The number of hydrogen-bond donors (Lipinski definition) is 0. The Labute approximate surface area is 132 Å². The van der Waals surface area contributed by atoms with E-state index < -0.39 is 13.0 Å². The fourth-order valence-electron chi connectivity index (χ4n) is 3.12. The van der Waals surface area contributed by atoms with E-state index in [1.54, 1.807) is 13.8 Å². The van der Waals surface area contributed by atoms with Gasteiger partial charge in [0.2, 0.25) is 0 Å². The number of carbonyl (C=O) groups excluding carboxylic acids is 1. The molecule has 0 aliphatic heterocycles. The highest BCUT2D eigenvalue weighted by Crippen LogP contribution is 2.57. The maximum atomic E-state index is 13.1. The molecule has 1 saturated carbocycles. The van der Waals surface area contributed by atoms with Crippen molar-refractivity contribution in [3.8, 4) is 0 Å². The van der Waals surface area contributed by atoms with E-state index in [1.165, 1.54) is 0 Å². The molecular formula is C17H25O4P. The molecule has 0 spiro atoms. The van der Waals surface area contributed by atoms with Crippen LogP contribution in [0.2, 0.25) is 0 Å². The number of hydrogen-bond acceptors (Lipinski definition) is 4. The summed E-state index contributed by atoms with van der Waals surface area (Å²) >= 11 is 0. The third-order valence-corrected chi connectivity index (χ3v) is 6.57. The summed E-state index contributed by atoms with van der Waals surface area (Å²) in [7, 11) is -3.27. The van der Waals surface area contributed by atoms with Gasteiger partial charge in [-0.3, -0.25) is 9.36 Å². The summed E-state index contributed by atoms with van der Waals surface area (Å²) in [5.74, 6) is 0.105. The predicted molar refractivity (Wildman–Crippen MR) is 86.9 cm³/mol. The van der Waals surface area contributed by atoms with Crippen molar-refractivity contribution >= 4 is 13.4 Å². The van der Waals surface area contributed by atoms with Gasteiger partial charge in [-0.15, -0.1) is 0 Å². The molecule has 22 heavy (non-hydrogen) atoms. The maximum absolute atomic E-state index is 13.1. The third kappa shape index (κ3) is 4.28. The fourth-order valence-corrected chi connectivity index (χ4v) is 5.39. The smallest absolute Gasteiger partial charge is 0.309 e. The minimum Gasteiger partial charge on any atom is -0.309 e. The summed E-state index contributed by atoms with van der Waals surface area (Å²) in [4.78, 5) is 12.1. The van der Waals surface area contributed by atoms with Crippen molar-refractivity contribution in [1.29, 1.82) is 0 Å². The first-order valence-corrected chi connectivity index (χ1v) is 9.66. The van der Waals surface area contributed by atoms with Crippen molar-refractivity contribution in [2.45, 2.75) is 46.1 Å². The van der Waals surface area contributed by atoms with Crippen molar-refractivity contribution < 1.29 is 18.4 Å². The summed E-state index contributed by atoms with van der Waals surface area (Å²) in [6, 6.07) is 9.60. The van der Waals surface area contributed by atoms with Gasteiger partial charge in [-0.1, -0.05) is 43.2 Å². The van der Waals surface area contributed by atoms with E-state index in [9.17, 15) is 9.36 Å². The summed E-state index contributed by atoms with van der Waals surface area (Å²) in [6.45, 7) is 3.96. The lowest BCUT2D eigenvalue weighted by atomic mass is 9.84. The maximum Gasteiger partial charge on any atom is 0.331 e. The Bertz CT molecular complexity index is 535. The monoisotopic (exact) mass is 324 g/mol. The molecule has 5 heteroatoms. The Balaban J connectivity index is 2.10. The highest BCUT2D eigenvalue weighted by molar-refractivity contribution is 7.53. The Morgan fingerprint density at radius 3 is 2.36 bits per heavy atom. The highest BCUT2D eigenvalue weighted by atomic mass is 31.2. The Kier molecular flexibility index (Phi) is 5.96. The van der Waals surface area contributed by atoms with E-state index in [0.717, 1.165) is 31.2 Å². The molecule has 1 aliphatic carbocycles. The van der Waals surface area contributed by atoms with Gasteiger partial charge in [0.1, 0.15) is 5.78 Å². The summed E-state index contributed by atoms with van der Waals surface area (Å²) < 4.78 is 24.2. The van der Waals surface area contributed by atoms with Crippen LogP contribution in [0.15, 0.2) is 30.3 Å². The average molecular weight is 324 g/mol. The third-order valence-electron chi connectivity index (χ3n) is 4.40. The molecule has 0 amide bonds. The zero-order valence-corrected chi connectivity index (χ0v) is 14.3. The summed E-state index contributed by atoms with van der Waals surface area (Å²) in [6.07, 6.45) is 3.78. The topological polar surface area (TPSA) is 52.6 Å². The highest BCUT2D eigenvalue weighted by Gasteiger charge is 2.45. The number of benzene rings is 1. The van der Waals surface area contributed by atoms with Gasteiger partial charge in [0.05, 0.1) is 19.4 Å². The normalized spacial score (nSPS) is 19.7. The van der Waals surface area contributed by atoms with Gasteiger partial charge in [-0.05, 0) is 32.3 Å². The lowest BCUT2D eigenvalue weighted by molar-refractivity contribution is -0.125. The van der Waals surface area contributed by atoms with Gasteiger partial charge in [0.15, 0.2) is 0 Å². The van der Waals surface area contributed by atoms with E-state index in [-0.39, 0.29) is 18.6 Å². The van der Waals surface area contributed by atoms with Crippen molar-refractivity contribution in [2.24, 2.45) is 5.41 Å². The zero-order chi connectivity index (χ0) is 16.1. The van der Waals surface area contributed by atoms with E-state index in [1.807, 2.05) is 30.3 Å². The van der Waals surface area contributed by atoms with E-state index >= 15 is 0 Å². The number of ketones is 1. The van der Waals surface area contributed by atoms with Gasteiger partial charge in [-0.2, -0.15) is 0 Å². The number of carbonyl (C=O) groups is 1. The van der Waals surface area contributed by atoms with Crippen molar-refractivity contribution in [1.82, 2.24) is 0 Å². The Morgan fingerprint density at radius 1 is 1.18 bits per heavy atom. The molecule has 0 N–H and O–H groups in total. The Morgan fingerprint density at radius 2 is 1.82 bits per heavy atom. The molecule has 0 heterocycles. The van der Waals surface area contributed by atoms with E-state index in [4.69, 9.17) is 9.05 Å². The zero-order valence-electron chi connectivity index (χ0n) is 13.4. The van der Waals surface area contributed by atoms with Gasteiger partial charge in [0, 0.05) is 5.41 Å². The average Bonchev–Trinajstić information content (AvgIpc) is 2.96. The first-order chi connectivity index (χ1) is 10.5. The molecule has 1 aliphatic rings. The van der Waals surface area contributed by atoms with E-state index in [0.29, 0.717) is 6.61 Å². The van der Waals surface area contributed by atoms with Gasteiger partial charge in [-0.25, -0.2) is 0 Å². The van der Waals surface area contributed by atoms with Crippen LogP contribution in [0.5, 0.6) is 0 Å². The second-order valence-corrected chi connectivity index (χ2v) is 8.04. The minimum atomic E-state index is -3.27. The molecule has 122 valence electrons. The van der Waals surface area contributed by atoms with Crippen LogP contribution in [0.1, 0.15) is 45.1 Å². The van der Waals surface area contributed by atoms with Gasteiger partial charge in [0.25, 0.3) is 0 Å². The van der Waals surface area contributed by atoms with Crippen LogP contribution in [0, 0.1) is 5.41 Å². The molecule has 1 aromatic rings. The van der Waals surface area contributed by atoms with Crippen LogP contribution in [0.3, 0.4) is 0 Å². The summed E-state index contributed by atoms with van der Waals surface area (Å²) in [5.41, 5.74) is 0.423. The molecule has 0 aromatic heterocycles. The van der Waals surface area contributed by atoms with E-state index in [2.05, 4.69) is 0 Å². The van der Waals surface area contributed by atoms with Crippen molar-refractivity contribution in [2.75, 3.05) is 12.8 Å². The molecule has 1 fully saturated rings.